The van der Waals surface area contributed by atoms with E-state index in [1.54, 1.807) is 42.5 Å². The van der Waals surface area contributed by atoms with Crippen LogP contribution in [0.2, 0.25) is 5.02 Å². The number of fused-ring (bicyclic) bond motifs is 1. The number of para-hydroxylation sites is 1. The average Bonchev–Trinajstić information content (AvgIpc) is 3.33. The fraction of sp³-hybridized carbons (Fsp3) is 0.261. The molecule has 1 aromatic heterocycles. The Morgan fingerprint density at radius 2 is 1.94 bits per heavy atom. The van der Waals surface area contributed by atoms with Crippen LogP contribution in [0.5, 0.6) is 0 Å². The van der Waals surface area contributed by atoms with E-state index in [1.807, 2.05) is 6.07 Å². The molecule has 0 bridgehead atoms. The Labute approximate surface area is 188 Å². The number of alkyl halides is 1. The number of urea groups is 1. The van der Waals surface area contributed by atoms with Gasteiger partial charge < -0.3 is 16.0 Å². The second-order valence-corrected chi connectivity index (χ2v) is 8.17. The van der Waals surface area contributed by atoms with Crippen LogP contribution in [0.15, 0.2) is 54.7 Å². The Kier molecular flexibility index (Phi) is 6.14. The van der Waals surface area contributed by atoms with Crippen LogP contribution in [0.3, 0.4) is 0 Å². The Bertz CT molecular complexity index is 1190. The van der Waals surface area contributed by atoms with Gasteiger partial charge in [0.15, 0.2) is 5.78 Å². The lowest BCUT2D eigenvalue weighted by atomic mass is 10.0. The minimum absolute atomic E-state index is 0.0873. The summed E-state index contributed by atoms with van der Waals surface area (Å²) in [5.74, 6) is -0.343. The zero-order valence-electron chi connectivity index (χ0n) is 17.1. The maximum Gasteiger partial charge on any atom is 0.323 e. The van der Waals surface area contributed by atoms with Crippen LogP contribution in [-0.4, -0.2) is 46.1 Å². The zero-order chi connectivity index (χ0) is 22.8. The van der Waals surface area contributed by atoms with E-state index < -0.39 is 24.3 Å². The van der Waals surface area contributed by atoms with Gasteiger partial charge in [-0.3, -0.25) is 9.36 Å². The summed E-state index contributed by atoms with van der Waals surface area (Å²) in [5, 5.41) is 3.89. The van der Waals surface area contributed by atoms with Crippen molar-refractivity contribution in [1.29, 1.82) is 0 Å². The minimum Gasteiger partial charge on any atom is -0.351 e. The summed E-state index contributed by atoms with van der Waals surface area (Å²) in [6.07, 6.45) is 0.577. The van der Waals surface area contributed by atoms with Crippen molar-refractivity contribution in [1.82, 2.24) is 9.47 Å². The van der Waals surface area contributed by atoms with Gasteiger partial charge in [0.2, 0.25) is 0 Å². The number of ketones is 1. The fourth-order valence-electron chi connectivity index (χ4n) is 4.11. The lowest BCUT2D eigenvalue weighted by Gasteiger charge is -2.24. The number of carbonyl (C=O) groups excluding carboxylic acids is 3. The maximum absolute atomic E-state index is 14.6. The minimum atomic E-state index is -1.43. The van der Waals surface area contributed by atoms with Crippen molar-refractivity contribution in [3.05, 3.63) is 65.3 Å². The topological polar surface area (TPSA) is 97.4 Å². The van der Waals surface area contributed by atoms with E-state index in [4.69, 9.17) is 17.3 Å². The molecule has 3 aromatic rings. The SMILES string of the molecule is NC(=O)n1cc(NC(=O)N2CC[C@@H](F)[C@H]2C(=O)CCc2cccc(Cl)c2)c2ccccc21. The molecule has 1 aliphatic rings. The summed E-state index contributed by atoms with van der Waals surface area (Å²) < 4.78 is 15.8. The molecule has 4 rings (SSSR count). The highest BCUT2D eigenvalue weighted by Gasteiger charge is 2.41. The van der Waals surface area contributed by atoms with E-state index in [0.29, 0.717) is 28.0 Å². The van der Waals surface area contributed by atoms with Crippen LogP contribution in [0.1, 0.15) is 18.4 Å². The van der Waals surface area contributed by atoms with Gasteiger partial charge in [-0.1, -0.05) is 41.9 Å². The molecule has 2 atom stereocenters. The number of aromatic nitrogens is 1. The maximum atomic E-state index is 14.6. The van der Waals surface area contributed by atoms with Gasteiger partial charge >= 0.3 is 12.1 Å². The Balaban J connectivity index is 1.50. The summed E-state index contributed by atoms with van der Waals surface area (Å²) >= 11 is 5.98. The van der Waals surface area contributed by atoms with Crippen molar-refractivity contribution < 1.29 is 18.8 Å². The van der Waals surface area contributed by atoms with Gasteiger partial charge in [0.25, 0.3) is 0 Å². The Morgan fingerprint density at radius 1 is 1.16 bits per heavy atom. The molecule has 0 saturated carbocycles. The van der Waals surface area contributed by atoms with Gasteiger partial charge in [0.1, 0.15) is 12.2 Å². The summed E-state index contributed by atoms with van der Waals surface area (Å²) in [6, 6.07) is 11.6. The van der Waals surface area contributed by atoms with Crippen LogP contribution in [-0.2, 0) is 11.2 Å². The molecule has 1 aliphatic heterocycles. The standard InChI is InChI=1S/C23H22ClFN4O3/c24-15-5-3-4-14(12-15)8-9-20(30)21-17(25)10-11-28(21)23(32)27-18-13-29(22(26)31)19-7-2-1-6-16(18)19/h1-7,12-13,17,21H,8-11H2,(H2,26,31)(H,27,32)/t17-,21+/m1/s1. The van der Waals surface area contributed by atoms with Gasteiger partial charge in [-0.05, 0) is 36.6 Å². The summed E-state index contributed by atoms with van der Waals surface area (Å²) in [7, 11) is 0. The number of nitrogens with one attached hydrogen (secondary N) is 1. The van der Waals surface area contributed by atoms with Gasteiger partial charge in [-0.25, -0.2) is 14.0 Å². The van der Waals surface area contributed by atoms with E-state index in [0.717, 1.165) is 5.56 Å². The smallest absolute Gasteiger partial charge is 0.323 e. The predicted octanol–water partition coefficient (Wildman–Crippen LogP) is 4.37. The van der Waals surface area contributed by atoms with Crippen LogP contribution >= 0.6 is 11.6 Å². The zero-order valence-corrected chi connectivity index (χ0v) is 17.9. The number of hydrogen-bond donors (Lipinski definition) is 2. The van der Waals surface area contributed by atoms with Crippen molar-refractivity contribution in [2.24, 2.45) is 5.73 Å². The van der Waals surface area contributed by atoms with Gasteiger partial charge in [0.05, 0.1) is 11.2 Å². The van der Waals surface area contributed by atoms with Gasteiger partial charge in [-0.15, -0.1) is 0 Å². The molecule has 0 radical (unpaired) electrons. The lowest BCUT2D eigenvalue weighted by Crippen LogP contribution is -2.46. The van der Waals surface area contributed by atoms with Crippen LogP contribution in [0.25, 0.3) is 10.9 Å². The highest BCUT2D eigenvalue weighted by Crippen LogP contribution is 2.28. The second-order valence-electron chi connectivity index (χ2n) is 7.74. The molecule has 1 saturated heterocycles. The number of anilines is 1. The molecule has 9 heteroatoms. The number of hydrogen-bond acceptors (Lipinski definition) is 3. The molecule has 166 valence electrons. The number of benzene rings is 2. The fourth-order valence-corrected chi connectivity index (χ4v) is 4.33. The number of halogens is 2. The third kappa shape index (κ3) is 4.31. The van der Waals surface area contributed by atoms with E-state index in [1.165, 1.54) is 15.7 Å². The van der Waals surface area contributed by atoms with Crippen molar-refractivity contribution in [3.8, 4) is 0 Å². The number of primary amides is 1. The Hall–Kier alpha value is -3.39. The van der Waals surface area contributed by atoms with E-state index >= 15 is 0 Å². The molecule has 1 fully saturated rings. The summed E-state index contributed by atoms with van der Waals surface area (Å²) in [4.78, 5) is 38.7. The number of carbonyl (C=O) groups is 3. The van der Waals surface area contributed by atoms with Gasteiger partial charge in [0, 0.05) is 29.6 Å². The van der Waals surface area contributed by atoms with Crippen molar-refractivity contribution in [2.75, 3.05) is 11.9 Å². The third-order valence-corrected chi connectivity index (χ3v) is 5.89. The van der Waals surface area contributed by atoms with Gasteiger partial charge in [-0.2, -0.15) is 0 Å². The molecule has 3 N–H and O–H groups in total. The number of nitrogens with zero attached hydrogens (tertiary/aromatic N) is 2. The number of amides is 3. The number of Topliss-reactive ketones (excluding diaryl/α,β-unsaturated/α-hetero) is 1. The first-order valence-corrected chi connectivity index (χ1v) is 10.6. The first kappa shape index (κ1) is 21.8. The molecule has 3 amide bonds. The average molecular weight is 457 g/mol. The summed E-state index contributed by atoms with van der Waals surface area (Å²) in [6.45, 7) is 0.120. The molecule has 7 nitrogen and oxygen atoms in total. The molecule has 0 spiro atoms. The van der Waals surface area contributed by atoms with E-state index in [9.17, 15) is 18.8 Å². The number of nitrogens with two attached hydrogens (primary N) is 1. The molecule has 2 heterocycles. The normalized spacial score (nSPS) is 18.1. The highest BCUT2D eigenvalue weighted by molar-refractivity contribution is 6.30. The molecular formula is C23H22ClFN4O3. The molecule has 0 aliphatic carbocycles. The van der Waals surface area contributed by atoms with Crippen LogP contribution in [0, 0.1) is 0 Å². The largest absolute Gasteiger partial charge is 0.351 e. The van der Waals surface area contributed by atoms with E-state index in [-0.39, 0.29) is 25.2 Å². The first-order valence-electron chi connectivity index (χ1n) is 10.2. The summed E-state index contributed by atoms with van der Waals surface area (Å²) in [5.41, 5.74) is 7.18. The lowest BCUT2D eigenvalue weighted by molar-refractivity contribution is -0.123. The molecule has 0 unspecified atom stereocenters. The van der Waals surface area contributed by atoms with Crippen LogP contribution in [0.4, 0.5) is 19.7 Å². The number of likely N-dealkylation sites (tertiary alicyclic amines) is 1. The van der Waals surface area contributed by atoms with E-state index in [2.05, 4.69) is 5.32 Å². The quantitative estimate of drug-likeness (QED) is 0.596. The second kappa shape index (κ2) is 9.00. The van der Waals surface area contributed by atoms with Crippen molar-refractivity contribution in [2.45, 2.75) is 31.5 Å². The number of rotatable bonds is 5. The van der Waals surface area contributed by atoms with Crippen molar-refractivity contribution >= 4 is 46.0 Å². The Morgan fingerprint density at radius 3 is 2.69 bits per heavy atom. The monoisotopic (exact) mass is 456 g/mol. The van der Waals surface area contributed by atoms with Crippen molar-refractivity contribution in [3.63, 3.8) is 0 Å². The molecule has 2 aromatic carbocycles. The van der Waals surface area contributed by atoms with Crippen LogP contribution < -0.4 is 11.1 Å². The predicted molar refractivity (Wildman–Crippen MR) is 121 cm³/mol. The third-order valence-electron chi connectivity index (χ3n) is 5.65. The first-order chi connectivity index (χ1) is 15.3. The number of aryl methyl sites for hydroxylation is 1. The molecule has 32 heavy (non-hydrogen) atoms. The molecular weight excluding hydrogens is 435 g/mol. The highest BCUT2D eigenvalue weighted by atomic mass is 35.5.